The van der Waals surface area contributed by atoms with Crippen LogP contribution >= 0.6 is 15.9 Å². The van der Waals surface area contributed by atoms with E-state index < -0.39 is 0 Å². The van der Waals surface area contributed by atoms with Crippen LogP contribution in [0.25, 0.3) is 0 Å². The molecule has 0 aliphatic carbocycles. The number of hydrogen-bond acceptors (Lipinski definition) is 4. The first-order chi connectivity index (χ1) is 10.2. The molecule has 0 spiro atoms. The van der Waals surface area contributed by atoms with E-state index in [1.165, 1.54) is 0 Å². The highest BCUT2D eigenvalue weighted by Crippen LogP contribution is 2.37. The largest absolute Gasteiger partial charge is 0.493 e. The van der Waals surface area contributed by atoms with Crippen molar-refractivity contribution in [3.63, 3.8) is 0 Å². The maximum atomic E-state index is 5.31. The highest BCUT2D eigenvalue weighted by atomic mass is 79.9. The molecule has 0 saturated heterocycles. The second-order valence-corrected chi connectivity index (χ2v) is 5.11. The first kappa shape index (κ1) is 15.4. The van der Waals surface area contributed by atoms with E-state index in [0.29, 0.717) is 17.2 Å². The maximum Gasteiger partial charge on any atom is 0.203 e. The number of hydrogen-bond donors (Lipinski definition) is 0. The van der Waals surface area contributed by atoms with Crippen molar-refractivity contribution in [2.45, 2.75) is 0 Å². The van der Waals surface area contributed by atoms with Crippen molar-refractivity contribution >= 4 is 27.8 Å². The van der Waals surface area contributed by atoms with Crippen LogP contribution in [0.15, 0.2) is 45.9 Å². The van der Waals surface area contributed by atoms with Crippen LogP contribution in [0.5, 0.6) is 17.2 Å². The molecule has 0 unspecified atom stereocenters. The molecule has 0 atom stereocenters. The average molecular weight is 350 g/mol. The average Bonchev–Trinajstić information content (AvgIpc) is 2.53. The zero-order chi connectivity index (χ0) is 15.2. The summed E-state index contributed by atoms with van der Waals surface area (Å²) in [5.41, 5.74) is 1.74. The third kappa shape index (κ3) is 3.76. The summed E-state index contributed by atoms with van der Waals surface area (Å²) < 4.78 is 16.9. The van der Waals surface area contributed by atoms with Crippen molar-refractivity contribution < 1.29 is 14.2 Å². The Morgan fingerprint density at radius 2 is 1.48 bits per heavy atom. The van der Waals surface area contributed by atoms with Crippen LogP contribution in [-0.4, -0.2) is 27.5 Å². The van der Waals surface area contributed by atoms with E-state index in [4.69, 9.17) is 14.2 Å². The Hall–Kier alpha value is -2.01. The molecule has 0 amide bonds. The van der Waals surface area contributed by atoms with Crippen molar-refractivity contribution in [3.8, 4) is 17.2 Å². The normalized spacial score (nSPS) is 10.7. The Labute approximate surface area is 132 Å². The van der Waals surface area contributed by atoms with Crippen molar-refractivity contribution in [2.24, 2.45) is 4.99 Å². The summed E-state index contributed by atoms with van der Waals surface area (Å²) in [5, 5.41) is 0. The summed E-state index contributed by atoms with van der Waals surface area (Å²) in [4.78, 5) is 4.43. The van der Waals surface area contributed by atoms with E-state index in [0.717, 1.165) is 15.7 Å². The zero-order valence-electron chi connectivity index (χ0n) is 12.1. The van der Waals surface area contributed by atoms with Gasteiger partial charge in [-0.05, 0) is 36.4 Å². The fourth-order valence-electron chi connectivity index (χ4n) is 1.85. The number of halogens is 1. The summed E-state index contributed by atoms with van der Waals surface area (Å²) in [6.07, 6.45) is 1.76. The van der Waals surface area contributed by atoms with Crippen molar-refractivity contribution in [1.82, 2.24) is 0 Å². The standard InChI is InChI=1S/C16H16BrNO3/c1-19-14-8-11(9-15(20-2)16(14)21-3)10-18-13-6-4-12(17)5-7-13/h4-10H,1-3H3. The lowest BCUT2D eigenvalue weighted by molar-refractivity contribution is 0.324. The number of nitrogens with zero attached hydrogens (tertiary/aromatic N) is 1. The second-order valence-electron chi connectivity index (χ2n) is 4.19. The molecule has 0 fully saturated rings. The summed E-state index contributed by atoms with van der Waals surface area (Å²) in [5.74, 6) is 1.78. The number of benzene rings is 2. The third-order valence-corrected chi connectivity index (χ3v) is 3.41. The smallest absolute Gasteiger partial charge is 0.203 e. The van der Waals surface area contributed by atoms with E-state index in [9.17, 15) is 0 Å². The lowest BCUT2D eigenvalue weighted by Crippen LogP contribution is -1.96. The SMILES string of the molecule is COc1cc(C=Nc2ccc(Br)cc2)cc(OC)c1OC. The fourth-order valence-corrected chi connectivity index (χ4v) is 2.12. The molecule has 5 heteroatoms. The first-order valence-corrected chi connectivity index (χ1v) is 7.07. The van der Waals surface area contributed by atoms with Gasteiger partial charge in [-0.2, -0.15) is 0 Å². The minimum Gasteiger partial charge on any atom is -0.493 e. The molecule has 2 aromatic rings. The molecule has 0 radical (unpaired) electrons. The third-order valence-electron chi connectivity index (χ3n) is 2.88. The van der Waals surface area contributed by atoms with Gasteiger partial charge < -0.3 is 14.2 Å². The van der Waals surface area contributed by atoms with E-state index >= 15 is 0 Å². The van der Waals surface area contributed by atoms with Crippen LogP contribution in [-0.2, 0) is 0 Å². The van der Waals surface area contributed by atoms with Crippen LogP contribution in [0.1, 0.15) is 5.56 Å². The van der Waals surface area contributed by atoms with Gasteiger partial charge in [0.25, 0.3) is 0 Å². The van der Waals surface area contributed by atoms with Crippen LogP contribution in [0.4, 0.5) is 5.69 Å². The van der Waals surface area contributed by atoms with Gasteiger partial charge in [-0.25, -0.2) is 0 Å². The summed E-state index contributed by atoms with van der Waals surface area (Å²) >= 11 is 3.40. The number of ether oxygens (including phenoxy) is 3. The Balaban J connectivity index is 2.33. The number of methoxy groups -OCH3 is 3. The van der Waals surface area contributed by atoms with Crippen molar-refractivity contribution in [2.75, 3.05) is 21.3 Å². The molecule has 21 heavy (non-hydrogen) atoms. The minimum absolute atomic E-state index is 0.570. The van der Waals surface area contributed by atoms with E-state index in [1.807, 2.05) is 36.4 Å². The van der Waals surface area contributed by atoms with Gasteiger partial charge in [0, 0.05) is 16.3 Å². The van der Waals surface area contributed by atoms with Crippen LogP contribution in [0.3, 0.4) is 0 Å². The summed E-state index contributed by atoms with van der Waals surface area (Å²) in [7, 11) is 4.76. The summed E-state index contributed by atoms with van der Waals surface area (Å²) in [6, 6.07) is 11.5. The second kappa shape index (κ2) is 7.13. The molecule has 2 aromatic carbocycles. The molecule has 2 rings (SSSR count). The van der Waals surface area contributed by atoms with Gasteiger partial charge in [0.1, 0.15) is 0 Å². The quantitative estimate of drug-likeness (QED) is 0.758. The molecular weight excluding hydrogens is 334 g/mol. The van der Waals surface area contributed by atoms with Crippen LogP contribution in [0.2, 0.25) is 0 Å². The molecular formula is C16H16BrNO3. The van der Waals surface area contributed by atoms with E-state index in [-0.39, 0.29) is 0 Å². The lowest BCUT2D eigenvalue weighted by atomic mass is 10.2. The number of rotatable bonds is 5. The highest BCUT2D eigenvalue weighted by Gasteiger charge is 2.12. The molecule has 0 aromatic heterocycles. The highest BCUT2D eigenvalue weighted by molar-refractivity contribution is 9.10. The maximum absolute atomic E-state index is 5.31. The molecule has 0 heterocycles. The van der Waals surface area contributed by atoms with Gasteiger partial charge >= 0.3 is 0 Å². The van der Waals surface area contributed by atoms with E-state index in [1.54, 1.807) is 27.5 Å². The van der Waals surface area contributed by atoms with E-state index in [2.05, 4.69) is 20.9 Å². The van der Waals surface area contributed by atoms with Crippen molar-refractivity contribution in [1.29, 1.82) is 0 Å². The van der Waals surface area contributed by atoms with Gasteiger partial charge in [0.05, 0.1) is 27.0 Å². The summed E-state index contributed by atoms with van der Waals surface area (Å²) in [6.45, 7) is 0. The minimum atomic E-state index is 0.570. The Morgan fingerprint density at radius 3 is 1.95 bits per heavy atom. The molecule has 4 nitrogen and oxygen atoms in total. The molecule has 0 saturated carbocycles. The molecule has 0 bridgehead atoms. The monoisotopic (exact) mass is 349 g/mol. The van der Waals surface area contributed by atoms with Gasteiger partial charge in [0.15, 0.2) is 11.5 Å². The Morgan fingerprint density at radius 1 is 0.905 bits per heavy atom. The number of aliphatic imine (C=N–C) groups is 1. The predicted octanol–water partition coefficient (Wildman–Crippen LogP) is 4.23. The van der Waals surface area contributed by atoms with Gasteiger partial charge in [0.2, 0.25) is 5.75 Å². The topological polar surface area (TPSA) is 40.0 Å². The van der Waals surface area contributed by atoms with Gasteiger partial charge in [-0.15, -0.1) is 0 Å². The molecule has 0 N–H and O–H groups in total. The van der Waals surface area contributed by atoms with Gasteiger partial charge in [-0.3, -0.25) is 4.99 Å². The zero-order valence-corrected chi connectivity index (χ0v) is 13.7. The Kier molecular flexibility index (Phi) is 5.22. The molecule has 110 valence electrons. The lowest BCUT2D eigenvalue weighted by Gasteiger charge is -2.12. The van der Waals surface area contributed by atoms with Gasteiger partial charge in [-0.1, -0.05) is 15.9 Å². The van der Waals surface area contributed by atoms with Crippen molar-refractivity contribution in [3.05, 3.63) is 46.4 Å². The van der Waals surface area contributed by atoms with Crippen LogP contribution in [0, 0.1) is 0 Å². The predicted molar refractivity (Wildman–Crippen MR) is 87.5 cm³/mol. The molecule has 0 aliphatic heterocycles. The fraction of sp³-hybridized carbons (Fsp3) is 0.188. The molecule has 0 aliphatic rings. The van der Waals surface area contributed by atoms with Crippen LogP contribution < -0.4 is 14.2 Å². The first-order valence-electron chi connectivity index (χ1n) is 6.27. The Bertz CT molecular complexity index is 613.